The molecule has 0 aliphatic rings. The average molecular weight is 260 g/mol. The van der Waals surface area contributed by atoms with E-state index in [0.717, 1.165) is 22.8 Å². The van der Waals surface area contributed by atoms with Crippen LogP contribution in [0, 0.1) is 6.92 Å². The molecular weight excluding hydrogens is 240 g/mol. The van der Waals surface area contributed by atoms with Crippen LogP contribution in [0.15, 0.2) is 34.9 Å². The van der Waals surface area contributed by atoms with Crippen LogP contribution in [0.4, 0.5) is 0 Å². The fraction of sp³-hybridized carbons (Fsp3) is 0.400. The van der Waals surface area contributed by atoms with Crippen LogP contribution < -0.4 is 10.1 Å². The van der Waals surface area contributed by atoms with Crippen molar-refractivity contribution in [2.45, 2.75) is 33.4 Å². The Morgan fingerprint density at radius 3 is 2.84 bits per heavy atom. The summed E-state index contributed by atoms with van der Waals surface area (Å²) in [5.74, 6) is 1.76. The van der Waals surface area contributed by atoms with Gasteiger partial charge in [-0.2, -0.15) is 0 Å². The SMILES string of the molecule is CCOc1ccccc1C(C)NCc1cc(C)on1. The van der Waals surface area contributed by atoms with E-state index >= 15 is 0 Å². The number of para-hydroxylation sites is 1. The van der Waals surface area contributed by atoms with Gasteiger partial charge in [0, 0.05) is 24.2 Å². The van der Waals surface area contributed by atoms with Gasteiger partial charge in [0.15, 0.2) is 0 Å². The minimum atomic E-state index is 0.194. The summed E-state index contributed by atoms with van der Waals surface area (Å²) in [4.78, 5) is 0. The zero-order chi connectivity index (χ0) is 13.7. The minimum absolute atomic E-state index is 0.194. The van der Waals surface area contributed by atoms with Crippen molar-refractivity contribution in [3.05, 3.63) is 47.3 Å². The summed E-state index contributed by atoms with van der Waals surface area (Å²) >= 11 is 0. The third-order valence-electron chi connectivity index (χ3n) is 2.95. The van der Waals surface area contributed by atoms with Crippen molar-refractivity contribution < 1.29 is 9.26 Å². The van der Waals surface area contributed by atoms with Gasteiger partial charge in [-0.3, -0.25) is 0 Å². The van der Waals surface area contributed by atoms with Gasteiger partial charge < -0.3 is 14.6 Å². The van der Waals surface area contributed by atoms with Crippen LogP contribution in [0.5, 0.6) is 5.75 Å². The molecule has 0 aliphatic heterocycles. The minimum Gasteiger partial charge on any atom is -0.494 e. The van der Waals surface area contributed by atoms with Crippen LogP contribution in [-0.4, -0.2) is 11.8 Å². The second-order valence-electron chi connectivity index (χ2n) is 4.50. The van der Waals surface area contributed by atoms with Crippen LogP contribution in [0.3, 0.4) is 0 Å². The molecule has 1 N–H and O–H groups in total. The number of aryl methyl sites for hydroxylation is 1. The Bertz CT molecular complexity index is 522. The van der Waals surface area contributed by atoms with Crippen LogP contribution >= 0.6 is 0 Å². The summed E-state index contributed by atoms with van der Waals surface area (Å²) in [5, 5.41) is 7.40. The van der Waals surface area contributed by atoms with Gasteiger partial charge in [0.2, 0.25) is 0 Å². The second-order valence-corrected chi connectivity index (χ2v) is 4.50. The van der Waals surface area contributed by atoms with Crippen molar-refractivity contribution in [2.75, 3.05) is 6.61 Å². The number of aromatic nitrogens is 1. The van der Waals surface area contributed by atoms with E-state index in [1.165, 1.54) is 0 Å². The highest BCUT2D eigenvalue weighted by atomic mass is 16.5. The number of nitrogens with zero attached hydrogens (tertiary/aromatic N) is 1. The summed E-state index contributed by atoms with van der Waals surface area (Å²) in [5.41, 5.74) is 2.07. The molecule has 2 rings (SSSR count). The summed E-state index contributed by atoms with van der Waals surface area (Å²) < 4.78 is 10.7. The van der Waals surface area contributed by atoms with Gasteiger partial charge in [0.1, 0.15) is 11.5 Å². The number of hydrogen-bond acceptors (Lipinski definition) is 4. The highest BCUT2D eigenvalue weighted by molar-refractivity contribution is 5.35. The van der Waals surface area contributed by atoms with E-state index < -0.39 is 0 Å². The van der Waals surface area contributed by atoms with Gasteiger partial charge in [-0.05, 0) is 26.8 Å². The molecule has 1 heterocycles. The zero-order valence-electron chi connectivity index (χ0n) is 11.6. The molecule has 102 valence electrons. The first-order valence-electron chi connectivity index (χ1n) is 6.58. The molecule has 0 fully saturated rings. The van der Waals surface area contributed by atoms with Crippen molar-refractivity contribution in [1.29, 1.82) is 0 Å². The molecule has 4 heteroatoms. The molecular formula is C15H20N2O2. The van der Waals surface area contributed by atoms with E-state index in [1.807, 2.05) is 38.1 Å². The molecule has 1 unspecified atom stereocenters. The van der Waals surface area contributed by atoms with Crippen molar-refractivity contribution >= 4 is 0 Å². The van der Waals surface area contributed by atoms with Crippen LogP contribution in [0.2, 0.25) is 0 Å². The largest absolute Gasteiger partial charge is 0.494 e. The lowest BCUT2D eigenvalue weighted by atomic mass is 10.1. The third-order valence-corrected chi connectivity index (χ3v) is 2.95. The van der Waals surface area contributed by atoms with E-state index in [1.54, 1.807) is 0 Å². The van der Waals surface area contributed by atoms with Gasteiger partial charge in [-0.1, -0.05) is 23.4 Å². The van der Waals surface area contributed by atoms with E-state index in [2.05, 4.69) is 23.5 Å². The van der Waals surface area contributed by atoms with Crippen LogP contribution in [-0.2, 0) is 6.54 Å². The van der Waals surface area contributed by atoms with Crippen molar-refractivity contribution in [3.63, 3.8) is 0 Å². The Kier molecular flexibility index (Phi) is 4.58. The molecule has 0 bridgehead atoms. The molecule has 1 atom stereocenters. The smallest absolute Gasteiger partial charge is 0.133 e. The van der Waals surface area contributed by atoms with Gasteiger partial charge >= 0.3 is 0 Å². The molecule has 0 saturated heterocycles. The highest BCUT2D eigenvalue weighted by Crippen LogP contribution is 2.24. The molecule has 1 aromatic carbocycles. The van der Waals surface area contributed by atoms with Crippen molar-refractivity contribution in [3.8, 4) is 5.75 Å². The fourth-order valence-corrected chi connectivity index (χ4v) is 1.99. The standard InChI is InChI=1S/C15H20N2O2/c1-4-18-15-8-6-5-7-14(15)12(3)16-10-13-9-11(2)19-17-13/h5-9,12,16H,4,10H2,1-3H3. The van der Waals surface area contributed by atoms with Gasteiger partial charge in [0.05, 0.1) is 12.3 Å². The fourth-order valence-electron chi connectivity index (χ4n) is 1.99. The summed E-state index contributed by atoms with van der Waals surface area (Å²) in [6.07, 6.45) is 0. The summed E-state index contributed by atoms with van der Waals surface area (Å²) in [7, 11) is 0. The van der Waals surface area contributed by atoms with E-state index in [0.29, 0.717) is 13.2 Å². The number of benzene rings is 1. The molecule has 4 nitrogen and oxygen atoms in total. The Morgan fingerprint density at radius 2 is 2.16 bits per heavy atom. The van der Waals surface area contributed by atoms with Gasteiger partial charge in [-0.25, -0.2) is 0 Å². The molecule has 0 aliphatic carbocycles. The first kappa shape index (κ1) is 13.6. The maximum absolute atomic E-state index is 5.64. The Labute approximate surface area is 113 Å². The van der Waals surface area contributed by atoms with Crippen LogP contribution in [0.1, 0.15) is 36.9 Å². The van der Waals surface area contributed by atoms with Crippen molar-refractivity contribution in [1.82, 2.24) is 10.5 Å². The summed E-state index contributed by atoms with van der Waals surface area (Å²) in [6, 6.07) is 10.2. The molecule has 2 aromatic rings. The third kappa shape index (κ3) is 3.58. The van der Waals surface area contributed by atoms with E-state index in [4.69, 9.17) is 9.26 Å². The van der Waals surface area contributed by atoms with Crippen LogP contribution in [0.25, 0.3) is 0 Å². The molecule has 0 saturated carbocycles. The lowest BCUT2D eigenvalue weighted by molar-refractivity contribution is 0.332. The topological polar surface area (TPSA) is 47.3 Å². The van der Waals surface area contributed by atoms with Crippen molar-refractivity contribution in [2.24, 2.45) is 0 Å². The Balaban J connectivity index is 2.01. The molecule has 1 aromatic heterocycles. The monoisotopic (exact) mass is 260 g/mol. The molecule has 19 heavy (non-hydrogen) atoms. The first-order valence-corrected chi connectivity index (χ1v) is 6.58. The maximum atomic E-state index is 5.64. The predicted molar refractivity (Wildman–Crippen MR) is 74.1 cm³/mol. The quantitative estimate of drug-likeness (QED) is 0.866. The lowest BCUT2D eigenvalue weighted by Gasteiger charge is -2.17. The zero-order valence-corrected chi connectivity index (χ0v) is 11.6. The Morgan fingerprint density at radius 1 is 1.37 bits per heavy atom. The Hall–Kier alpha value is -1.81. The molecule has 0 radical (unpaired) electrons. The number of rotatable bonds is 6. The molecule has 0 amide bonds. The number of ether oxygens (including phenoxy) is 1. The highest BCUT2D eigenvalue weighted by Gasteiger charge is 2.11. The van der Waals surface area contributed by atoms with Gasteiger partial charge in [-0.15, -0.1) is 0 Å². The lowest BCUT2D eigenvalue weighted by Crippen LogP contribution is -2.19. The van der Waals surface area contributed by atoms with E-state index in [-0.39, 0.29) is 6.04 Å². The number of nitrogens with one attached hydrogen (secondary N) is 1. The second kappa shape index (κ2) is 6.38. The molecule has 0 spiro atoms. The maximum Gasteiger partial charge on any atom is 0.133 e. The predicted octanol–water partition coefficient (Wildman–Crippen LogP) is 3.23. The van der Waals surface area contributed by atoms with Gasteiger partial charge in [0.25, 0.3) is 0 Å². The average Bonchev–Trinajstić information content (AvgIpc) is 2.83. The number of hydrogen-bond donors (Lipinski definition) is 1. The van der Waals surface area contributed by atoms with E-state index in [9.17, 15) is 0 Å². The normalized spacial score (nSPS) is 12.4. The first-order chi connectivity index (χ1) is 9.20. The summed E-state index contributed by atoms with van der Waals surface area (Å²) in [6.45, 7) is 7.35.